The summed E-state index contributed by atoms with van der Waals surface area (Å²) in [6.07, 6.45) is 0.503. The number of hydrogen-bond acceptors (Lipinski definition) is 4. The van der Waals surface area contributed by atoms with Gasteiger partial charge in [-0.05, 0) is 17.5 Å². The van der Waals surface area contributed by atoms with E-state index in [0.717, 1.165) is 11.1 Å². The first-order chi connectivity index (χ1) is 11.1. The number of nitro benzene ring substituents is 1. The Labute approximate surface area is 138 Å². The fourth-order valence-electron chi connectivity index (χ4n) is 2.15. The molecule has 2 aromatic carbocycles. The fourth-order valence-corrected chi connectivity index (χ4v) is 3.24. The van der Waals surface area contributed by atoms with Gasteiger partial charge in [-0.2, -0.15) is 11.8 Å². The van der Waals surface area contributed by atoms with Gasteiger partial charge in [0.1, 0.15) is 0 Å². The van der Waals surface area contributed by atoms with E-state index in [0.29, 0.717) is 17.9 Å². The maximum absolute atomic E-state index is 11.4. The number of thioether (sulfide) groups is 1. The van der Waals surface area contributed by atoms with Gasteiger partial charge in [-0.15, -0.1) is 0 Å². The number of non-ortho nitro benzene ring substituents is 1. The maximum Gasteiger partial charge on any atom is 0.307 e. The second-order valence-corrected chi connectivity index (χ2v) is 6.19. The highest BCUT2D eigenvalue weighted by molar-refractivity contribution is 7.98. The third-order valence-electron chi connectivity index (χ3n) is 3.41. The Balaban J connectivity index is 1.87. The second kappa shape index (κ2) is 8.33. The van der Waals surface area contributed by atoms with Gasteiger partial charge in [-0.25, -0.2) is 0 Å². The Morgan fingerprint density at radius 1 is 1.09 bits per heavy atom. The molecular formula is C17H17NO4S. The monoisotopic (exact) mass is 331 g/mol. The van der Waals surface area contributed by atoms with Gasteiger partial charge in [0.25, 0.3) is 5.69 Å². The quantitative estimate of drug-likeness (QED) is 0.588. The van der Waals surface area contributed by atoms with E-state index in [9.17, 15) is 20.0 Å². The molecule has 0 aliphatic carbocycles. The molecule has 0 spiro atoms. The lowest BCUT2D eigenvalue weighted by Gasteiger charge is -2.12. The largest absolute Gasteiger partial charge is 0.481 e. The van der Waals surface area contributed by atoms with Gasteiger partial charge in [-0.3, -0.25) is 14.9 Å². The van der Waals surface area contributed by atoms with Crippen LogP contribution in [0.2, 0.25) is 0 Å². The third kappa shape index (κ3) is 5.41. The first-order valence-electron chi connectivity index (χ1n) is 7.14. The minimum Gasteiger partial charge on any atom is -0.481 e. The van der Waals surface area contributed by atoms with E-state index in [1.54, 1.807) is 12.1 Å². The molecular weight excluding hydrogens is 314 g/mol. The van der Waals surface area contributed by atoms with E-state index < -0.39 is 16.8 Å². The van der Waals surface area contributed by atoms with Crippen molar-refractivity contribution in [2.75, 3.05) is 5.75 Å². The van der Waals surface area contributed by atoms with Crippen molar-refractivity contribution in [2.24, 2.45) is 5.92 Å². The molecule has 1 atom stereocenters. The molecule has 23 heavy (non-hydrogen) atoms. The van der Waals surface area contributed by atoms with Crippen LogP contribution in [0.4, 0.5) is 5.69 Å². The molecule has 2 aromatic rings. The molecule has 5 nitrogen and oxygen atoms in total. The highest BCUT2D eigenvalue weighted by Gasteiger charge is 2.18. The Bertz CT molecular complexity index is 658. The number of benzene rings is 2. The SMILES string of the molecule is O=C(O)C(CSCc1ccc([N+](=O)[O-])cc1)Cc1ccccc1. The molecule has 0 aliphatic heterocycles. The summed E-state index contributed by atoms with van der Waals surface area (Å²) in [5, 5.41) is 19.9. The van der Waals surface area contributed by atoms with Crippen LogP contribution < -0.4 is 0 Å². The molecule has 0 amide bonds. The number of nitro groups is 1. The average molecular weight is 331 g/mol. The van der Waals surface area contributed by atoms with Gasteiger partial charge in [0.2, 0.25) is 0 Å². The van der Waals surface area contributed by atoms with Crippen molar-refractivity contribution in [1.82, 2.24) is 0 Å². The second-order valence-electron chi connectivity index (χ2n) is 5.16. The van der Waals surface area contributed by atoms with Crippen LogP contribution in [-0.4, -0.2) is 21.8 Å². The first-order valence-corrected chi connectivity index (χ1v) is 8.29. The number of hydrogen-bond donors (Lipinski definition) is 1. The smallest absolute Gasteiger partial charge is 0.307 e. The molecule has 1 N–H and O–H groups in total. The lowest BCUT2D eigenvalue weighted by atomic mass is 10.0. The third-order valence-corrected chi connectivity index (χ3v) is 4.58. The lowest BCUT2D eigenvalue weighted by Crippen LogP contribution is -2.19. The van der Waals surface area contributed by atoms with Crippen LogP contribution >= 0.6 is 11.8 Å². The van der Waals surface area contributed by atoms with Gasteiger partial charge in [-0.1, -0.05) is 42.5 Å². The van der Waals surface area contributed by atoms with E-state index in [1.807, 2.05) is 30.3 Å². The number of aliphatic carboxylic acids is 1. The summed E-state index contributed by atoms with van der Waals surface area (Å²) >= 11 is 1.53. The zero-order chi connectivity index (χ0) is 16.7. The Kier molecular flexibility index (Phi) is 6.17. The zero-order valence-electron chi connectivity index (χ0n) is 12.4. The van der Waals surface area contributed by atoms with E-state index in [-0.39, 0.29) is 5.69 Å². The van der Waals surface area contributed by atoms with Gasteiger partial charge in [0.05, 0.1) is 10.8 Å². The minimum absolute atomic E-state index is 0.0613. The Hall–Kier alpha value is -2.34. The molecule has 0 fully saturated rings. The highest BCUT2D eigenvalue weighted by Crippen LogP contribution is 2.20. The lowest BCUT2D eigenvalue weighted by molar-refractivity contribution is -0.384. The molecule has 0 saturated heterocycles. The van der Waals surface area contributed by atoms with Crippen molar-refractivity contribution in [3.63, 3.8) is 0 Å². The molecule has 0 aliphatic rings. The minimum atomic E-state index is -0.801. The number of carboxylic acids is 1. The van der Waals surface area contributed by atoms with Gasteiger partial charge < -0.3 is 5.11 Å². The van der Waals surface area contributed by atoms with Crippen LogP contribution in [0.15, 0.2) is 54.6 Å². The van der Waals surface area contributed by atoms with Crippen LogP contribution in [-0.2, 0) is 17.0 Å². The summed E-state index contributed by atoms with van der Waals surface area (Å²) in [7, 11) is 0. The Morgan fingerprint density at radius 3 is 2.30 bits per heavy atom. The standard InChI is InChI=1S/C17H17NO4S/c19-17(20)15(10-13-4-2-1-3-5-13)12-23-11-14-6-8-16(9-7-14)18(21)22/h1-9,15H,10-12H2,(H,19,20). The summed E-state index contributed by atoms with van der Waals surface area (Å²) < 4.78 is 0. The number of carboxylic acid groups (broad SMARTS) is 1. The maximum atomic E-state index is 11.4. The predicted octanol–water partition coefficient (Wildman–Crippen LogP) is 3.77. The van der Waals surface area contributed by atoms with Crippen LogP contribution in [0.5, 0.6) is 0 Å². The number of carbonyl (C=O) groups is 1. The molecule has 0 saturated carbocycles. The van der Waals surface area contributed by atoms with Crippen molar-refractivity contribution in [1.29, 1.82) is 0 Å². The molecule has 2 rings (SSSR count). The summed E-state index contributed by atoms with van der Waals surface area (Å²) in [6, 6.07) is 15.9. The summed E-state index contributed by atoms with van der Waals surface area (Å²) in [5.41, 5.74) is 2.02. The van der Waals surface area contributed by atoms with Crippen LogP contribution in [0.3, 0.4) is 0 Å². The molecule has 120 valence electrons. The van der Waals surface area contributed by atoms with Crippen molar-refractivity contribution >= 4 is 23.4 Å². The van der Waals surface area contributed by atoms with Crippen molar-refractivity contribution in [2.45, 2.75) is 12.2 Å². The topological polar surface area (TPSA) is 80.4 Å². The summed E-state index contributed by atoms with van der Waals surface area (Å²) in [6.45, 7) is 0. The van der Waals surface area contributed by atoms with E-state index in [4.69, 9.17) is 0 Å². The molecule has 6 heteroatoms. The van der Waals surface area contributed by atoms with Gasteiger partial charge >= 0.3 is 5.97 Å². The molecule has 1 unspecified atom stereocenters. The average Bonchev–Trinajstić information content (AvgIpc) is 2.55. The van der Waals surface area contributed by atoms with Gasteiger partial charge in [0, 0.05) is 23.6 Å². The summed E-state index contributed by atoms with van der Waals surface area (Å²) in [4.78, 5) is 21.5. The van der Waals surface area contributed by atoms with E-state index in [2.05, 4.69) is 0 Å². The van der Waals surface area contributed by atoms with Gasteiger partial charge in [0.15, 0.2) is 0 Å². The molecule has 0 radical (unpaired) electrons. The molecule has 0 aromatic heterocycles. The molecule has 0 heterocycles. The van der Waals surface area contributed by atoms with Crippen molar-refractivity contribution in [3.8, 4) is 0 Å². The normalized spacial score (nSPS) is 11.8. The number of nitrogens with zero attached hydrogens (tertiary/aromatic N) is 1. The van der Waals surface area contributed by atoms with Crippen LogP contribution in [0, 0.1) is 16.0 Å². The highest BCUT2D eigenvalue weighted by atomic mass is 32.2. The van der Waals surface area contributed by atoms with E-state index >= 15 is 0 Å². The Morgan fingerprint density at radius 2 is 1.74 bits per heavy atom. The van der Waals surface area contributed by atoms with Crippen LogP contribution in [0.25, 0.3) is 0 Å². The summed E-state index contributed by atoms with van der Waals surface area (Å²) in [5.74, 6) is -0.108. The van der Waals surface area contributed by atoms with Crippen LogP contribution in [0.1, 0.15) is 11.1 Å². The van der Waals surface area contributed by atoms with E-state index in [1.165, 1.54) is 23.9 Å². The zero-order valence-corrected chi connectivity index (χ0v) is 13.2. The van der Waals surface area contributed by atoms with Crippen molar-refractivity contribution < 1.29 is 14.8 Å². The molecule has 0 bridgehead atoms. The fraction of sp³-hybridized carbons (Fsp3) is 0.235. The number of rotatable bonds is 8. The predicted molar refractivity (Wildman–Crippen MR) is 90.5 cm³/mol. The van der Waals surface area contributed by atoms with Crippen molar-refractivity contribution in [3.05, 3.63) is 75.8 Å². The first kappa shape index (κ1) is 17.0.